The second kappa shape index (κ2) is 6.96. The molecule has 5 heteroatoms. The van der Waals surface area contributed by atoms with Crippen molar-refractivity contribution in [3.05, 3.63) is 65.2 Å². The molecule has 0 aliphatic carbocycles. The molecule has 0 aromatic heterocycles. The number of rotatable bonds is 5. The molecule has 122 valence electrons. The summed E-state index contributed by atoms with van der Waals surface area (Å²) in [6.45, 7) is 4.19. The highest BCUT2D eigenvalue weighted by atomic mass is 32.2. The number of benzene rings is 2. The molecule has 23 heavy (non-hydrogen) atoms. The van der Waals surface area contributed by atoms with Gasteiger partial charge in [-0.15, -0.1) is 0 Å². The van der Waals surface area contributed by atoms with Crippen LogP contribution in [0.1, 0.15) is 41.3 Å². The molecule has 0 atom stereocenters. The Morgan fingerprint density at radius 1 is 1.09 bits per heavy atom. The van der Waals surface area contributed by atoms with E-state index in [1.807, 2.05) is 24.3 Å². The van der Waals surface area contributed by atoms with E-state index in [9.17, 15) is 13.2 Å². The van der Waals surface area contributed by atoms with Gasteiger partial charge in [-0.05, 0) is 41.3 Å². The topological polar surface area (TPSA) is 63.2 Å². The fraction of sp³-hybridized carbons (Fsp3) is 0.278. The van der Waals surface area contributed by atoms with E-state index in [0.29, 0.717) is 17.0 Å². The lowest BCUT2D eigenvalue weighted by molar-refractivity contribution is 0.102. The zero-order valence-electron chi connectivity index (χ0n) is 13.5. The first-order valence-electron chi connectivity index (χ1n) is 7.42. The molecule has 1 amide bonds. The molecule has 2 aromatic rings. The Bertz CT molecular complexity index is 811. The molecule has 0 saturated heterocycles. The van der Waals surface area contributed by atoms with Crippen LogP contribution in [0.2, 0.25) is 0 Å². The van der Waals surface area contributed by atoms with Gasteiger partial charge in [0.2, 0.25) is 0 Å². The summed E-state index contributed by atoms with van der Waals surface area (Å²) >= 11 is 0. The number of hydrogen-bond donors (Lipinski definition) is 1. The van der Waals surface area contributed by atoms with Crippen molar-refractivity contribution in [2.45, 2.75) is 25.5 Å². The second-order valence-electron chi connectivity index (χ2n) is 6.00. The third-order valence-electron chi connectivity index (χ3n) is 3.43. The Labute approximate surface area is 137 Å². The summed E-state index contributed by atoms with van der Waals surface area (Å²) in [7, 11) is -3.13. The molecule has 0 aliphatic rings. The van der Waals surface area contributed by atoms with Crippen LogP contribution >= 0.6 is 0 Å². The zero-order chi connectivity index (χ0) is 17.0. The van der Waals surface area contributed by atoms with Crippen molar-refractivity contribution < 1.29 is 13.2 Å². The van der Waals surface area contributed by atoms with Gasteiger partial charge in [-0.25, -0.2) is 8.42 Å². The van der Waals surface area contributed by atoms with Crippen molar-refractivity contribution in [3.8, 4) is 0 Å². The van der Waals surface area contributed by atoms with Crippen LogP contribution in [-0.2, 0) is 15.6 Å². The molecule has 0 unspecified atom stereocenters. The van der Waals surface area contributed by atoms with Gasteiger partial charge in [-0.3, -0.25) is 4.79 Å². The summed E-state index contributed by atoms with van der Waals surface area (Å²) < 4.78 is 22.7. The summed E-state index contributed by atoms with van der Waals surface area (Å²) in [4.78, 5) is 12.4. The van der Waals surface area contributed by atoms with Crippen LogP contribution in [0.25, 0.3) is 0 Å². The highest BCUT2D eigenvalue weighted by Crippen LogP contribution is 2.19. The van der Waals surface area contributed by atoms with Crippen LogP contribution in [0.15, 0.2) is 48.5 Å². The minimum Gasteiger partial charge on any atom is -0.322 e. The van der Waals surface area contributed by atoms with E-state index in [4.69, 9.17) is 0 Å². The lowest BCUT2D eigenvalue weighted by atomic mass is 10.0. The highest BCUT2D eigenvalue weighted by Gasteiger charge is 2.10. The molecule has 2 aromatic carbocycles. The predicted molar refractivity (Wildman–Crippen MR) is 93.5 cm³/mol. The lowest BCUT2D eigenvalue weighted by Gasteiger charge is -2.10. The lowest BCUT2D eigenvalue weighted by Crippen LogP contribution is -2.13. The first kappa shape index (κ1) is 17.2. The molecule has 0 bridgehead atoms. The average Bonchev–Trinajstić information content (AvgIpc) is 2.46. The number of carbonyl (C=O) groups excluding carboxylic acids is 1. The van der Waals surface area contributed by atoms with Crippen molar-refractivity contribution in [2.24, 2.45) is 0 Å². The summed E-state index contributed by atoms with van der Waals surface area (Å²) in [5.74, 6) is 0.0583. The van der Waals surface area contributed by atoms with Gasteiger partial charge in [-0.1, -0.05) is 38.1 Å². The Kier molecular flexibility index (Phi) is 5.21. The van der Waals surface area contributed by atoms with Crippen LogP contribution in [0.5, 0.6) is 0 Å². The molecule has 0 heterocycles. The van der Waals surface area contributed by atoms with Crippen molar-refractivity contribution in [1.82, 2.24) is 0 Å². The number of hydrogen-bond acceptors (Lipinski definition) is 3. The van der Waals surface area contributed by atoms with Gasteiger partial charge in [0.15, 0.2) is 9.84 Å². The molecule has 0 aliphatic heterocycles. The number of nitrogens with one attached hydrogen (secondary N) is 1. The minimum atomic E-state index is -3.13. The van der Waals surface area contributed by atoms with Gasteiger partial charge < -0.3 is 5.32 Å². The van der Waals surface area contributed by atoms with Crippen LogP contribution in [0.4, 0.5) is 5.69 Å². The van der Waals surface area contributed by atoms with Crippen LogP contribution in [-0.4, -0.2) is 20.6 Å². The molecular weight excluding hydrogens is 310 g/mol. The number of sulfone groups is 1. The van der Waals surface area contributed by atoms with Gasteiger partial charge in [0.25, 0.3) is 5.91 Å². The first-order chi connectivity index (χ1) is 10.7. The van der Waals surface area contributed by atoms with Gasteiger partial charge in [0.1, 0.15) is 0 Å². The summed E-state index contributed by atoms with van der Waals surface area (Å²) in [5, 5.41) is 2.86. The Morgan fingerprint density at radius 3 is 2.43 bits per heavy atom. The SMILES string of the molecule is CC(C)c1cccc(NC(=O)c2cccc(CS(C)(=O)=O)c2)c1. The van der Waals surface area contributed by atoms with E-state index in [1.54, 1.807) is 24.3 Å². The van der Waals surface area contributed by atoms with E-state index in [0.717, 1.165) is 11.3 Å². The highest BCUT2D eigenvalue weighted by molar-refractivity contribution is 7.89. The summed E-state index contributed by atoms with van der Waals surface area (Å²) in [6, 6.07) is 14.4. The zero-order valence-corrected chi connectivity index (χ0v) is 14.4. The fourth-order valence-corrected chi connectivity index (χ4v) is 3.07. The van der Waals surface area contributed by atoms with Crippen LogP contribution in [0, 0.1) is 0 Å². The van der Waals surface area contributed by atoms with E-state index in [-0.39, 0.29) is 11.7 Å². The van der Waals surface area contributed by atoms with Gasteiger partial charge in [0.05, 0.1) is 5.75 Å². The van der Waals surface area contributed by atoms with Crippen LogP contribution in [0.3, 0.4) is 0 Å². The van der Waals surface area contributed by atoms with Gasteiger partial charge in [-0.2, -0.15) is 0 Å². The predicted octanol–water partition coefficient (Wildman–Crippen LogP) is 3.61. The number of carbonyl (C=O) groups is 1. The maximum absolute atomic E-state index is 12.4. The second-order valence-corrected chi connectivity index (χ2v) is 8.14. The number of anilines is 1. The molecule has 0 radical (unpaired) electrons. The Morgan fingerprint density at radius 2 is 1.78 bits per heavy atom. The van der Waals surface area contributed by atoms with Crippen LogP contribution < -0.4 is 5.32 Å². The number of amides is 1. The fourth-order valence-electron chi connectivity index (χ4n) is 2.28. The van der Waals surface area contributed by atoms with Gasteiger partial charge in [0, 0.05) is 17.5 Å². The minimum absolute atomic E-state index is 0.0725. The van der Waals surface area contributed by atoms with Crippen molar-refractivity contribution >= 4 is 21.4 Å². The largest absolute Gasteiger partial charge is 0.322 e. The average molecular weight is 331 g/mol. The van der Waals surface area contributed by atoms with E-state index in [2.05, 4.69) is 19.2 Å². The molecule has 0 fully saturated rings. The Hall–Kier alpha value is -2.14. The third-order valence-corrected chi connectivity index (χ3v) is 4.29. The molecule has 0 spiro atoms. The quantitative estimate of drug-likeness (QED) is 0.910. The Balaban J connectivity index is 2.18. The normalized spacial score (nSPS) is 11.5. The molecule has 0 saturated carbocycles. The summed E-state index contributed by atoms with van der Waals surface area (Å²) in [6.07, 6.45) is 1.18. The smallest absolute Gasteiger partial charge is 0.255 e. The van der Waals surface area contributed by atoms with E-state index >= 15 is 0 Å². The molecule has 2 rings (SSSR count). The molecular formula is C18H21NO3S. The van der Waals surface area contributed by atoms with E-state index in [1.165, 1.54) is 6.26 Å². The van der Waals surface area contributed by atoms with Crippen molar-refractivity contribution in [2.75, 3.05) is 11.6 Å². The molecule has 4 nitrogen and oxygen atoms in total. The summed E-state index contributed by atoms with van der Waals surface area (Å²) in [5.41, 5.74) is 2.93. The molecule has 1 N–H and O–H groups in total. The maximum Gasteiger partial charge on any atom is 0.255 e. The third kappa shape index (κ3) is 5.21. The first-order valence-corrected chi connectivity index (χ1v) is 9.48. The van der Waals surface area contributed by atoms with Crippen molar-refractivity contribution in [3.63, 3.8) is 0 Å². The van der Waals surface area contributed by atoms with Crippen molar-refractivity contribution in [1.29, 1.82) is 0 Å². The van der Waals surface area contributed by atoms with Gasteiger partial charge >= 0.3 is 0 Å². The monoisotopic (exact) mass is 331 g/mol. The maximum atomic E-state index is 12.4. The van der Waals surface area contributed by atoms with E-state index < -0.39 is 9.84 Å². The standard InChI is InChI=1S/C18H21NO3S/c1-13(2)15-7-5-9-17(11-15)19-18(20)16-8-4-6-14(10-16)12-23(3,21)22/h4-11,13H,12H2,1-3H3,(H,19,20).